The van der Waals surface area contributed by atoms with Gasteiger partial charge in [0, 0.05) is 38.4 Å². The van der Waals surface area contributed by atoms with Gasteiger partial charge in [0.15, 0.2) is 12.3 Å². The summed E-state index contributed by atoms with van der Waals surface area (Å²) in [6.45, 7) is 4.79. The highest BCUT2D eigenvalue weighted by molar-refractivity contribution is 6.26. The van der Waals surface area contributed by atoms with Gasteiger partial charge in [0.25, 0.3) is 0 Å². The van der Waals surface area contributed by atoms with E-state index in [1.807, 2.05) is 0 Å². The third-order valence-corrected chi connectivity index (χ3v) is 11.5. The van der Waals surface area contributed by atoms with E-state index >= 15 is 0 Å². The van der Waals surface area contributed by atoms with Crippen LogP contribution < -0.4 is 16.0 Å². The van der Waals surface area contributed by atoms with Crippen LogP contribution in [0.5, 0.6) is 0 Å². The zero-order valence-electron chi connectivity index (χ0n) is 28.5. The van der Waals surface area contributed by atoms with Gasteiger partial charge in [0.1, 0.15) is 0 Å². The highest BCUT2D eigenvalue weighted by Crippen LogP contribution is 2.56. The number of hydrogen-bond acceptors (Lipinski definition) is 2. The molecule has 0 radical (unpaired) electrons. The van der Waals surface area contributed by atoms with Gasteiger partial charge in [-0.15, -0.1) is 0 Å². The van der Waals surface area contributed by atoms with E-state index in [4.69, 9.17) is 0 Å². The van der Waals surface area contributed by atoms with E-state index in [1.165, 1.54) is 77.2 Å². The number of allylic oxidation sites excluding steroid dienone is 3. The summed E-state index contributed by atoms with van der Waals surface area (Å²) in [6, 6.07) is 47.2. The van der Waals surface area contributed by atoms with Gasteiger partial charge in [-0.2, -0.15) is 0 Å². The minimum Gasteiger partial charge on any atom is -0.309 e. The molecule has 3 unspecified atom stereocenters. The number of nitrogens with zero attached hydrogens (tertiary/aromatic N) is 1. The van der Waals surface area contributed by atoms with Gasteiger partial charge in [-0.25, -0.2) is 10.6 Å². The normalized spacial score (nSPS) is 21.0. The molecule has 1 aliphatic heterocycles. The minimum absolute atomic E-state index is 0.0112. The maximum atomic E-state index is 3.95. The monoisotopic (exact) mass is 649 g/mol. The second kappa shape index (κ2) is 11.4. The molecule has 1 saturated heterocycles. The number of quaternary nitrogens is 1. The molecule has 4 N–H and O–H groups in total. The molecule has 0 bridgehead atoms. The molecule has 50 heavy (non-hydrogen) atoms. The van der Waals surface area contributed by atoms with Crippen LogP contribution >= 0.6 is 0 Å². The smallest absolute Gasteiger partial charge is 0.169 e. The lowest BCUT2D eigenvalue weighted by atomic mass is 9.79. The van der Waals surface area contributed by atoms with Crippen molar-refractivity contribution in [1.29, 1.82) is 0 Å². The number of nitrogens with two attached hydrogens (primary N) is 1. The molecule has 244 valence electrons. The third-order valence-electron chi connectivity index (χ3n) is 11.5. The SMILES string of the molecule is CC1(C)c2ccccc2-c2c1c1ccccc1c1c2c2ccccc2n1-c1ccc(C2NC(C3=CC=CCC3)[NH2+]C(c3ccccc3)N2)cc1. The molecule has 0 spiro atoms. The maximum Gasteiger partial charge on any atom is 0.169 e. The summed E-state index contributed by atoms with van der Waals surface area (Å²) in [6.07, 6.45) is 9.32. The average molecular weight is 650 g/mol. The summed E-state index contributed by atoms with van der Waals surface area (Å²) < 4.78 is 2.51. The Morgan fingerprint density at radius 2 is 1.38 bits per heavy atom. The quantitative estimate of drug-likeness (QED) is 0.178. The Balaban J connectivity index is 1.14. The fourth-order valence-electron chi connectivity index (χ4n) is 9.18. The number of para-hydroxylation sites is 1. The number of nitrogens with one attached hydrogen (secondary N) is 2. The van der Waals surface area contributed by atoms with Crippen LogP contribution in [0.3, 0.4) is 0 Å². The first-order valence-electron chi connectivity index (χ1n) is 18.0. The minimum atomic E-state index is -0.0958. The van der Waals surface area contributed by atoms with Crippen molar-refractivity contribution in [2.75, 3.05) is 0 Å². The van der Waals surface area contributed by atoms with E-state index in [-0.39, 0.29) is 23.9 Å². The van der Waals surface area contributed by atoms with Gasteiger partial charge in [-0.05, 0) is 64.2 Å². The van der Waals surface area contributed by atoms with Crippen molar-refractivity contribution in [1.82, 2.24) is 15.2 Å². The Kier molecular flexibility index (Phi) is 6.75. The van der Waals surface area contributed by atoms with Crippen LogP contribution in [-0.2, 0) is 5.41 Å². The molecule has 6 aromatic carbocycles. The molecule has 10 rings (SSSR count). The Morgan fingerprint density at radius 1 is 0.680 bits per heavy atom. The third kappa shape index (κ3) is 4.42. The molecule has 4 heteroatoms. The van der Waals surface area contributed by atoms with E-state index < -0.39 is 0 Å². The van der Waals surface area contributed by atoms with Crippen molar-refractivity contribution in [3.8, 4) is 16.8 Å². The highest BCUT2D eigenvalue weighted by atomic mass is 15.4. The molecule has 4 nitrogen and oxygen atoms in total. The van der Waals surface area contributed by atoms with Crippen LogP contribution in [-0.4, -0.2) is 10.7 Å². The van der Waals surface area contributed by atoms with Crippen molar-refractivity contribution >= 4 is 32.6 Å². The Labute approximate surface area is 293 Å². The number of benzene rings is 6. The van der Waals surface area contributed by atoms with Crippen LogP contribution in [0.2, 0.25) is 0 Å². The molecule has 2 aliphatic carbocycles. The van der Waals surface area contributed by atoms with Gasteiger partial charge >= 0.3 is 0 Å². The lowest BCUT2D eigenvalue weighted by molar-refractivity contribution is -0.741. The van der Waals surface area contributed by atoms with Gasteiger partial charge in [-0.1, -0.05) is 141 Å². The van der Waals surface area contributed by atoms with E-state index in [9.17, 15) is 0 Å². The summed E-state index contributed by atoms with van der Waals surface area (Å²) in [4.78, 5) is 0. The zero-order valence-corrected chi connectivity index (χ0v) is 28.5. The van der Waals surface area contributed by atoms with Crippen molar-refractivity contribution in [3.63, 3.8) is 0 Å². The fraction of sp³-hybridized carbons (Fsp3) is 0.174. The Morgan fingerprint density at radius 3 is 2.18 bits per heavy atom. The number of aromatic nitrogens is 1. The molecule has 0 amide bonds. The molecule has 1 fully saturated rings. The van der Waals surface area contributed by atoms with E-state index in [1.54, 1.807) is 0 Å². The zero-order chi connectivity index (χ0) is 33.4. The summed E-state index contributed by atoms with van der Waals surface area (Å²) in [5, 5.41) is 15.6. The molecule has 3 atom stereocenters. The Hall–Kier alpha value is -5.26. The van der Waals surface area contributed by atoms with Gasteiger partial charge in [0.05, 0.1) is 17.2 Å². The number of hydrogen-bond donors (Lipinski definition) is 3. The molecular formula is C46H41N4+. The topological polar surface area (TPSA) is 45.6 Å². The van der Waals surface area contributed by atoms with E-state index in [2.05, 4.69) is 180 Å². The Bertz CT molecular complexity index is 2500. The van der Waals surface area contributed by atoms with Crippen molar-refractivity contribution in [2.45, 2.75) is 50.6 Å². The summed E-state index contributed by atoms with van der Waals surface area (Å²) in [7, 11) is 0. The predicted octanol–water partition coefficient (Wildman–Crippen LogP) is 9.30. The van der Waals surface area contributed by atoms with Gasteiger partial charge in [0.2, 0.25) is 0 Å². The molecule has 7 aromatic rings. The maximum absolute atomic E-state index is 3.95. The van der Waals surface area contributed by atoms with Crippen LogP contribution in [0.25, 0.3) is 49.4 Å². The average Bonchev–Trinajstić information content (AvgIpc) is 3.65. The van der Waals surface area contributed by atoms with Crippen molar-refractivity contribution in [3.05, 3.63) is 173 Å². The first-order valence-corrected chi connectivity index (χ1v) is 18.0. The largest absolute Gasteiger partial charge is 0.309 e. The lowest BCUT2D eigenvalue weighted by Crippen LogP contribution is -2.99. The second-order valence-corrected chi connectivity index (χ2v) is 14.7. The standard InChI is InChI=1S/C46H40N4/c1-46(2)37-23-13-11-21-35(37)39-40-36-22-12-14-24-38(36)50(42(40)34-20-10-9-19-33(34)41(39)46)32-27-25-31(26-28-32)45-48-43(29-15-5-3-6-16-29)47-44(49-45)30-17-7-4-8-18-30/h3-7,9-17,19-28,43-45,47-49H,8,18H2,1-2H3/p+1. The number of fused-ring (bicyclic) bond motifs is 10. The lowest BCUT2D eigenvalue weighted by Gasteiger charge is -2.37. The predicted molar refractivity (Wildman–Crippen MR) is 206 cm³/mol. The first kappa shape index (κ1) is 29.6. The van der Waals surface area contributed by atoms with E-state index in [0.29, 0.717) is 0 Å². The van der Waals surface area contributed by atoms with Gasteiger partial charge < -0.3 is 9.88 Å². The number of rotatable bonds is 4. The van der Waals surface area contributed by atoms with E-state index in [0.717, 1.165) is 12.8 Å². The van der Waals surface area contributed by atoms with Crippen molar-refractivity contribution in [2.24, 2.45) is 0 Å². The molecule has 0 saturated carbocycles. The van der Waals surface area contributed by atoms with Gasteiger partial charge in [-0.3, -0.25) is 0 Å². The molecule has 3 aliphatic rings. The first-order chi connectivity index (χ1) is 24.6. The summed E-state index contributed by atoms with van der Waals surface area (Å²) in [5.74, 6) is 0. The molecule has 2 heterocycles. The summed E-state index contributed by atoms with van der Waals surface area (Å²) >= 11 is 0. The molecular weight excluding hydrogens is 609 g/mol. The highest BCUT2D eigenvalue weighted by Gasteiger charge is 2.39. The van der Waals surface area contributed by atoms with Crippen LogP contribution in [0.1, 0.15) is 61.3 Å². The second-order valence-electron chi connectivity index (χ2n) is 14.7. The van der Waals surface area contributed by atoms with Crippen LogP contribution in [0, 0.1) is 0 Å². The molecule has 1 aromatic heterocycles. The fourth-order valence-corrected chi connectivity index (χ4v) is 9.18. The summed E-state index contributed by atoms with van der Waals surface area (Å²) in [5.41, 5.74) is 13.2. The van der Waals surface area contributed by atoms with Crippen molar-refractivity contribution < 1.29 is 5.32 Å². The van der Waals surface area contributed by atoms with Crippen LogP contribution in [0.4, 0.5) is 0 Å². The van der Waals surface area contributed by atoms with Crippen LogP contribution in [0.15, 0.2) is 151 Å².